The molecule has 6 nitrogen and oxygen atoms in total. The Morgan fingerprint density at radius 1 is 1.50 bits per heavy atom. The van der Waals surface area contributed by atoms with Crippen LogP contribution in [0.1, 0.15) is 24.2 Å². The number of aromatic nitrogens is 2. The van der Waals surface area contributed by atoms with Crippen LogP contribution >= 0.6 is 0 Å². The number of fused-ring (bicyclic) bond motifs is 1. The summed E-state index contributed by atoms with van der Waals surface area (Å²) in [4.78, 5) is 20.5. The van der Waals surface area contributed by atoms with Gasteiger partial charge in [-0.25, -0.2) is 0 Å². The molecule has 0 radical (unpaired) electrons. The molecule has 3 atom stereocenters. The highest BCUT2D eigenvalue weighted by Gasteiger charge is 2.39. The van der Waals surface area contributed by atoms with Crippen LogP contribution in [0, 0.1) is 12.8 Å². The molecule has 1 aromatic rings. The van der Waals surface area contributed by atoms with E-state index in [4.69, 9.17) is 4.74 Å². The van der Waals surface area contributed by atoms with E-state index in [1.165, 1.54) is 0 Å². The zero-order valence-corrected chi connectivity index (χ0v) is 11.6. The maximum atomic E-state index is 12.1. The Morgan fingerprint density at radius 2 is 2.40 bits per heavy atom. The summed E-state index contributed by atoms with van der Waals surface area (Å²) in [5.74, 6) is 0.480. The molecule has 2 N–H and O–H groups in total. The summed E-state index contributed by atoms with van der Waals surface area (Å²) in [7, 11) is 0. The smallest absolute Gasteiger partial charge is 0.249 e. The second kappa shape index (κ2) is 5.85. The van der Waals surface area contributed by atoms with E-state index in [-0.39, 0.29) is 18.1 Å². The molecule has 3 rings (SSSR count). The first kappa shape index (κ1) is 13.5. The van der Waals surface area contributed by atoms with Crippen LogP contribution in [-0.4, -0.2) is 41.2 Å². The molecule has 20 heavy (non-hydrogen) atoms. The highest BCUT2D eigenvalue weighted by atomic mass is 16.5. The number of ether oxygens (including phenoxy) is 1. The first-order valence-electron chi connectivity index (χ1n) is 7.14. The molecular weight excluding hydrogens is 256 g/mol. The number of nitrogens with zero attached hydrogens (tertiary/aromatic N) is 2. The van der Waals surface area contributed by atoms with Crippen molar-refractivity contribution in [3.8, 4) is 0 Å². The lowest BCUT2D eigenvalue weighted by Gasteiger charge is -2.24. The van der Waals surface area contributed by atoms with E-state index in [9.17, 15) is 4.79 Å². The predicted molar refractivity (Wildman–Crippen MR) is 72.9 cm³/mol. The van der Waals surface area contributed by atoms with Crippen LogP contribution in [0.15, 0.2) is 12.4 Å². The van der Waals surface area contributed by atoms with Crippen LogP contribution in [0.25, 0.3) is 0 Å². The predicted octanol–water partition coefficient (Wildman–Crippen LogP) is 0.168. The average Bonchev–Trinajstić information content (AvgIpc) is 2.90. The Kier molecular flexibility index (Phi) is 3.93. The lowest BCUT2D eigenvalue weighted by molar-refractivity contribution is -0.132. The molecule has 108 valence electrons. The minimum Gasteiger partial charge on any atom is -0.364 e. The van der Waals surface area contributed by atoms with E-state index < -0.39 is 0 Å². The molecule has 2 saturated heterocycles. The summed E-state index contributed by atoms with van der Waals surface area (Å²) in [6, 6.07) is 0. The lowest BCUT2D eigenvalue weighted by Crippen LogP contribution is -2.39. The number of nitrogens with one attached hydrogen (secondary N) is 2. The van der Waals surface area contributed by atoms with Gasteiger partial charge in [0.05, 0.1) is 30.2 Å². The van der Waals surface area contributed by atoms with Gasteiger partial charge in [-0.05, 0) is 32.2 Å². The van der Waals surface area contributed by atoms with Crippen LogP contribution < -0.4 is 10.6 Å². The molecule has 1 aromatic heterocycles. The number of amides is 1. The topological polar surface area (TPSA) is 76.1 Å². The third-order valence-electron chi connectivity index (χ3n) is 3.99. The summed E-state index contributed by atoms with van der Waals surface area (Å²) < 4.78 is 5.82. The monoisotopic (exact) mass is 276 g/mol. The second-order valence-corrected chi connectivity index (χ2v) is 5.52. The highest BCUT2D eigenvalue weighted by Crippen LogP contribution is 2.30. The molecule has 0 saturated carbocycles. The third-order valence-corrected chi connectivity index (χ3v) is 3.99. The van der Waals surface area contributed by atoms with Crippen molar-refractivity contribution in [2.75, 3.05) is 13.1 Å². The van der Waals surface area contributed by atoms with Crippen molar-refractivity contribution in [1.29, 1.82) is 0 Å². The molecule has 6 heteroatoms. The molecular formula is C14H20N4O2. The maximum absolute atomic E-state index is 12.1. The van der Waals surface area contributed by atoms with E-state index in [2.05, 4.69) is 20.6 Å². The Labute approximate surface area is 118 Å². The molecule has 0 aromatic carbocycles. The number of hydrogen-bond donors (Lipinski definition) is 2. The molecule has 0 unspecified atom stereocenters. The van der Waals surface area contributed by atoms with E-state index in [0.717, 1.165) is 37.3 Å². The fourth-order valence-electron chi connectivity index (χ4n) is 2.83. The Hall–Kier alpha value is -1.53. The highest BCUT2D eigenvalue weighted by molar-refractivity contribution is 5.81. The van der Waals surface area contributed by atoms with Crippen molar-refractivity contribution < 1.29 is 9.53 Å². The third kappa shape index (κ3) is 2.96. The number of aryl methyl sites for hydroxylation is 1. The molecule has 2 aliphatic rings. The van der Waals surface area contributed by atoms with Gasteiger partial charge in [-0.15, -0.1) is 0 Å². The van der Waals surface area contributed by atoms with Gasteiger partial charge in [0.15, 0.2) is 0 Å². The van der Waals surface area contributed by atoms with Crippen LogP contribution in [0.4, 0.5) is 0 Å². The van der Waals surface area contributed by atoms with Crippen molar-refractivity contribution in [3.05, 3.63) is 23.8 Å². The SMILES string of the molecule is Cc1cnc(CNC(=O)[C@@H]2C[C@H]3CCNC[C@@H]3O2)cn1. The molecule has 2 fully saturated rings. The van der Waals surface area contributed by atoms with Crippen LogP contribution in [-0.2, 0) is 16.1 Å². The summed E-state index contributed by atoms with van der Waals surface area (Å²) >= 11 is 0. The summed E-state index contributed by atoms with van der Waals surface area (Å²) in [6.45, 7) is 4.17. The second-order valence-electron chi connectivity index (χ2n) is 5.52. The van der Waals surface area contributed by atoms with Gasteiger partial charge >= 0.3 is 0 Å². The first-order valence-corrected chi connectivity index (χ1v) is 7.14. The number of carbonyl (C=O) groups excluding carboxylic acids is 1. The van der Waals surface area contributed by atoms with Gasteiger partial charge < -0.3 is 15.4 Å². The quantitative estimate of drug-likeness (QED) is 0.823. The summed E-state index contributed by atoms with van der Waals surface area (Å²) in [6.07, 6.45) is 5.19. The van der Waals surface area contributed by atoms with Crippen molar-refractivity contribution in [3.63, 3.8) is 0 Å². The Morgan fingerprint density at radius 3 is 3.15 bits per heavy atom. The largest absolute Gasteiger partial charge is 0.364 e. The van der Waals surface area contributed by atoms with Gasteiger partial charge in [-0.1, -0.05) is 0 Å². The number of carbonyl (C=O) groups is 1. The minimum atomic E-state index is -0.316. The lowest BCUT2D eigenvalue weighted by atomic mass is 9.93. The van der Waals surface area contributed by atoms with Crippen molar-refractivity contribution in [2.45, 2.75) is 38.5 Å². The first-order chi connectivity index (χ1) is 9.72. The molecule has 2 aliphatic heterocycles. The number of rotatable bonds is 3. The summed E-state index contributed by atoms with van der Waals surface area (Å²) in [5, 5.41) is 6.19. The number of piperidine rings is 1. The zero-order chi connectivity index (χ0) is 13.9. The van der Waals surface area contributed by atoms with Gasteiger partial charge in [0.25, 0.3) is 0 Å². The minimum absolute atomic E-state index is 0.0400. The van der Waals surface area contributed by atoms with Gasteiger partial charge in [-0.2, -0.15) is 0 Å². The zero-order valence-electron chi connectivity index (χ0n) is 11.6. The normalized spacial score (nSPS) is 28.9. The van der Waals surface area contributed by atoms with Gasteiger partial charge in [-0.3, -0.25) is 14.8 Å². The Balaban J connectivity index is 1.51. The molecule has 0 aliphatic carbocycles. The molecule has 3 heterocycles. The molecule has 1 amide bonds. The summed E-state index contributed by atoms with van der Waals surface area (Å²) in [5.41, 5.74) is 1.64. The van der Waals surface area contributed by atoms with Gasteiger partial charge in [0, 0.05) is 12.7 Å². The Bertz CT molecular complexity index is 463. The maximum Gasteiger partial charge on any atom is 0.249 e. The number of hydrogen-bond acceptors (Lipinski definition) is 5. The fourth-order valence-corrected chi connectivity index (χ4v) is 2.83. The van der Waals surface area contributed by atoms with Gasteiger partial charge in [0.2, 0.25) is 5.91 Å². The van der Waals surface area contributed by atoms with Crippen molar-refractivity contribution >= 4 is 5.91 Å². The standard InChI is InChI=1S/C14H20N4O2/c1-9-5-17-11(6-16-9)7-18-14(19)12-4-10-2-3-15-8-13(10)20-12/h5-6,10,12-13,15H,2-4,7-8H2,1H3,(H,18,19)/t10-,12+,13+/m1/s1. The van der Waals surface area contributed by atoms with E-state index in [1.807, 2.05) is 6.92 Å². The molecule has 0 spiro atoms. The van der Waals surface area contributed by atoms with Crippen LogP contribution in [0.5, 0.6) is 0 Å². The van der Waals surface area contributed by atoms with Crippen molar-refractivity contribution in [2.24, 2.45) is 5.92 Å². The fraction of sp³-hybridized carbons (Fsp3) is 0.643. The van der Waals surface area contributed by atoms with Crippen molar-refractivity contribution in [1.82, 2.24) is 20.6 Å². The van der Waals surface area contributed by atoms with Gasteiger partial charge in [0.1, 0.15) is 6.10 Å². The van der Waals surface area contributed by atoms with Crippen LogP contribution in [0.2, 0.25) is 0 Å². The van der Waals surface area contributed by atoms with Crippen LogP contribution in [0.3, 0.4) is 0 Å². The average molecular weight is 276 g/mol. The molecule has 0 bridgehead atoms. The van der Waals surface area contributed by atoms with E-state index in [0.29, 0.717) is 12.5 Å². The van der Waals surface area contributed by atoms with E-state index in [1.54, 1.807) is 12.4 Å². The van der Waals surface area contributed by atoms with E-state index >= 15 is 0 Å².